The Morgan fingerprint density at radius 1 is 1.00 bits per heavy atom. The van der Waals surface area contributed by atoms with Crippen LogP contribution in [-0.4, -0.2) is 66.0 Å². The van der Waals surface area contributed by atoms with Crippen LogP contribution in [0.1, 0.15) is 47.2 Å². The highest BCUT2D eigenvalue weighted by atomic mass is 35.5. The Bertz CT molecular complexity index is 1300. The molecule has 0 bridgehead atoms. The zero-order valence-electron chi connectivity index (χ0n) is 22.1. The molecule has 3 aromatic rings. The summed E-state index contributed by atoms with van der Waals surface area (Å²) in [7, 11) is 0. The number of pyridine rings is 1. The first kappa shape index (κ1) is 25.2. The van der Waals surface area contributed by atoms with Crippen molar-refractivity contribution in [1.29, 1.82) is 0 Å². The molecular formula is C31H36ClN5O. The van der Waals surface area contributed by atoms with Crippen molar-refractivity contribution in [2.45, 2.75) is 45.2 Å². The molecule has 1 N–H and O–H groups in total. The van der Waals surface area contributed by atoms with Crippen LogP contribution in [0.3, 0.4) is 0 Å². The summed E-state index contributed by atoms with van der Waals surface area (Å²) in [5.74, 6) is 1.07. The molecule has 38 heavy (non-hydrogen) atoms. The molecule has 1 amide bonds. The van der Waals surface area contributed by atoms with E-state index in [2.05, 4.69) is 57.3 Å². The smallest absolute Gasteiger partial charge is 0.254 e. The van der Waals surface area contributed by atoms with Crippen molar-refractivity contribution in [3.05, 3.63) is 76.4 Å². The molecule has 2 aromatic carbocycles. The van der Waals surface area contributed by atoms with Crippen LogP contribution in [0.5, 0.6) is 0 Å². The fourth-order valence-corrected chi connectivity index (χ4v) is 6.32. The highest BCUT2D eigenvalue weighted by molar-refractivity contribution is 6.30. The van der Waals surface area contributed by atoms with Gasteiger partial charge in [-0.25, -0.2) is 4.98 Å². The summed E-state index contributed by atoms with van der Waals surface area (Å²) in [6.45, 7) is 8.89. The standard InChI is InChI=1S/C31H36ClN5O/c1-22-6-11-27(32)17-26(22)20-36-16-12-33-30-29(36)18-25(19-34-30)23-7-9-24(10-8-23)31(38)37-15-4-5-28(37)21-35-13-2-3-14-35/h6-11,17-19,28H,2-5,12-16,20-21H2,1H3,(H,33,34)/t28-/m0/s1. The van der Waals surface area contributed by atoms with Crippen LogP contribution in [0.4, 0.5) is 11.5 Å². The molecule has 0 unspecified atom stereocenters. The van der Waals surface area contributed by atoms with E-state index in [0.717, 1.165) is 78.8 Å². The van der Waals surface area contributed by atoms with E-state index in [-0.39, 0.29) is 5.91 Å². The van der Waals surface area contributed by atoms with E-state index in [4.69, 9.17) is 16.6 Å². The third-order valence-electron chi connectivity index (χ3n) is 8.33. The fraction of sp³-hybridized carbons (Fsp3) is 0.419. The van der Waals surface area contributed by atoms with E-state index < -0.39 is 0 Å². The van der Waals surface area contributed by atoms with Gasteiger partial charge in [-0.15, -0.1) is 0 Å². The van der Waals surface area contributed by atoms with Crippen molar-refractivity contribution < 1.29 is 4.79 Å². The molecule has 0 spiro atoms. The second-order valence-electron chi connectivity index (χ2n) is 10.9. The van der Waals surface area contributed by atoms with Crippen LogP contribution in [0.25, 0.3) is 11.1 Å². The number of nitrogens with one attached hydrogen (secondary N) is 1. The van der Waals surface area contributed by atoms with Crippen LogP contribution in [0.15, 0.2) is 54.7 Å². The maximum atomic E-state index is 13.4. The van der Waals surface area contributed by atoms with Gasteiger partial charge in [0.05, 0.1) is 5.69 Å². The Morgan fingerprint density at radius 2 is 1.82 bits per heavy atom. The Labute approximate surface area is 230 Å². The van der Waals surface area contributed by atoms with Crippen molar-refractivity contribution in [3.63, 3.8) is 0 Å². The lowest BCUT2D eigenvalue weighted by molar-refractivity contribution is 0.0709. The Hall–Kier alpha value is -3.09. The maximum Gasteiger partial charge on any atom is 0.254 e. The number of anilines is 2. The van der Waals surface area contributed by atoms with E-state index in [0.29, 0.717) is 6.04 Å². The highest BCUT2D eigenvalue weighted by Crippen LogP contribution is 2.34. The lowest BCUT2D eigenvalue weighted by Crippen LogP contribution is -2.42. The molecule has 198 valence electrons. The van der Waals surface area contributed by atoms with E-state index in [1.807, 2.05) is 24.4 Å². The Balaban J connectivity index is 1.19. The summed E-state index contributed by atoms with van der Waals surface area (Å²) in [6.07, 6.45) is 6.70. The van der Waals surface area contributed by atoms with Crippen LogP contribution in [-0.2, 0) is 6.54 Å². The van der Waals surface area contributed by atoms with Gasteiger partial charge in [0, 0.05) is 61.1 Å². The molecule has 6 nitrogen and oxygen atoms in total. The molecule has 1 atom stereocenters. The fourth-order valence-electron chi connectivity index (χ4n) is 6.13. The number of halogens is 1. The largest absolute Gasteiger partial charge is 0.367 e. The van der Waals surface area contributed by atoms with Gasteiger partial charge in [0.2, 0.25) is 0 Å². The predicted octanol–water partition coefficient (Wildman–Crippen LogP) is 5.84. The van der Waals surface area contributed by atoms with E-state index in [9.17, 15) is 4.79 Å². The molecule has 0 aliphatic carbocycles. The molecule has 0 saturated carbocycles. The van der Waals surface area contributed by atoms with E-state index in [1.165, 1.54) is 37.1 Å². The number of benzene rings is 2. The van der Waals surface area contributed by atoms with Gasteiger partial charge < -0.3 is 20.0 Å². The molecule has 4 heterocycles. The zero-order valence-corrected chi connectivity index (χ0v) is 22.9. The van der Waals surface area contributed by atoms with Crippen molar-refractivity contribution in [2.75, 3.05) is 49.5 Å². The first-order valence-corrected chi connectivity index (χ1v) is 14.3. The third-order valence-corrected chi connectivity index (χ3v) is 8.56. The van der Waals surface area contributed by atoms with Crippen LogP contribution < -0.4 is 10.2 Å². The minimum Gasteiger partial charge on any atom is -0.367 e. The maximum absolute atomic E-state index is 13.4. The van der Waals surface area contributed by atoms with Crippen LogP contribution in [0, 0.1) is 6.92 Å². The Morgan fingerprint density at radius 3 is 2.63 bits per heavy atom. The molecule has 2 saturated heterocycles. The van der Waals surface area contributed by atoms with Gasteiger partial charge in [-0.05, 0) is 92.7 Å². The molecule has 3 aliphatic heterocycles. The summed E-state index contributed by atoms with van der Waals surface area (Å²) in [4.78, 5) is 25.2. The van der Waals surface area contributed by atoms with Gasteiger partial charge in [-0.1, -0.05) is 29.8 Å². The minimum absolute atomic E-state index is 0.161. The number of aryl methyl sites for hydroxylation is 1. The topological polar surface area (TPSA) is 51.7 Å². The van der Waals surface area contributed by atoms with Gasteiger partial charge in [0.15, 0.2) is 0 Å². The first-order valence-electron chi connectivity index (χ1n) is 13.9. The second-order valence-corrected chi connectivity index (χ2v) is 11.3. The lowest BCUT2D eigenvalue weighted by Gasteiger charge is -2.32. The van der Waals surface area contributed by atoms with Crippen LogP contribution >= 0.6 is 11.6 Å². The highest BCUT2D eigenvalue weighted by Gasteiger charge is 2.31. The van der Waals surface area contributed by atoms with Crippen molar-refractivity contribution in [1.82, 2.24) is 14.8 Å². The average molecular weight is 530 g/mol. The van der Waals surface area contributed by atoms with Gasteiger partial charge in [-0.3, -0.25) is 4.79 Å². The van der Waals surface area contributed by atoms with Crippen molar-refractivity contribution >= 4 is 29.0 Å². The van der Waals surface area contributed by atoms with E-state index >= 15 is 0 Å². The number of carbonyl (C=O) groups excluding carboxylic acids is 1. The van der Waals surface area contributed by atoms with Crippen LogP contribution in [0.2, 0.25) is 5.02 Å². The molecule has 0 radical (unpaired) electrons. The average Bonchev–Trinajstić information content (AvgIpc) is 3.63. The van der Waals surface area contributed by atoms with Gasteiger partial charge in [0.25, 0.3) is 5.91 Å². The van der Waals surface area contributed by atoms with Gasteiger partial charge in [-0.2, -0.15) is 0 Å². The third kappa shape index (κ3) is 5.25. The van der Waals surface area contributed by atoms with Crippen molar-refractivity contribution in [2.24, 2.45) is 0 Å². The molecule has 6 rings (SSSR count). The number of hydrogen-bond donors (Lipinski definition) is 1. The number of hydrogen-bond acceptors (Lipinski definition) is 5. The van der Waals surface area contributed by atoms with Gasteiger partial charge >= 0.3 is 0 Å². The zero-order chi connectivity index (χ0) is 26.1. The number of likely N-dealkylation sites (tertiary alicyclic amines) is 2. The number of aromatic nitrogens is 1. The van der Waals surface area contributed by atoms with Gasteiger partial charge in [0.1, 0.15) is 5.82 Å². The lowest BCUT2D eigenvalue weighted by atomic mass is 10.0. The number of fused-ring (bicyclic) bond motifs is 1. The first-order chi connectivity index (χ1) is 18.5. The summed E-state index contributed by atoms with van der Waals surface area (Å²) >= 11 is 6.29. The van der Waals surface area contributed by atoms with Crippen molar-refractivity contribution in [3.8, 4) is 11.1 Å². The van der Waals surface area contributed by atoms with E-state index in [1.54, 1.807) is 0 Å². The molecule has 7 heteroatoms. The quantitative estimate of drug-likeness (QED) is 0.434. The molecule has 2 fully saturated rings. The molecular weight excluding hydrogens is 494 g/mol. The SMILES string of the molecule is Cc1ccc(Cl)cc1CN1CCNc2ncc(-c3ccc(C(=O)N4CCC[C@H]4CN4CCCC4)cc3)cc21. The minimum atomic E-state index is 0.161. The molecule has 3 aliphatic rings. The summed E-state index contributed by atoms with van der Waals surface area (Å²) in [5, 5.41) is 4.20. The molecule has 1 aromatic heterocycles. The second kappa shape index (κ2) is 11.0. The number of amides is 1. The Kier molecular flexibility index (Phi) is 7.26. The predicted molar refractivity (Wildman–Crippen MR) is 155 cm³/mol. The number of rotatable bonds is 6. The monoisotopic (exact) mass is 529 g/mol. The summed E-state index contributed by atoms with van der Waals surface area (Å²) in [6, 6.07) is 16.7. The summed E-state index contributed by atoms with van der Waals surface area (Å²) < 4.78 is 0. The normalized spacial score (nSPS) is 19.5. The number of nitrogens with zero attached hydrogens (tertiary/aromatic N) is 4. The number of carbonyl (C=O) groups is 1. The summed E-state index contributed by atoms with van der Waals surface area (Å²) in [5.41, 5.74) is 6.44.